The zero-order valence-electron chi connectivity index (χ0n) is 18.2. The van der Waals surface area contributed by atoms with E-state index in [1.54, 1.807) is 18.3 Å². The van der Waals surface area contributed by atoms with Gasteiger partial charge in [0, 0.05) is 29.5 Å². The molecule has 0 bridgehead atoms. The third-order valence-electron chi connectivity index (χ3n) is 7.22. The first kappa shape index (κ1) is 22.2. The number of alkyl halides is 3. The Morgan fingerprint density at radius 3 is 2.69 bits per heavy atom. The van der Waals surface area contributed by atoms with Crippen LogP contribution in [0.1, 0.15) is 64.4 Å². The third-order valence-corrected chi connectivity index (χ3v) is 8.07. The highest BCUT2D eigenvalue weighted by Gasteiger charge is 2.50. The third kappa shape index (κ3) is 3.29. The molecule has 3 nitrogen and oxygen atoms in total. The molecule has 8 heteroatoms. The van der Waals surface area contributed by atoms with E-state index in [0.717, 1.165) is 22.2 Å². The quantitative estimate of drug-likeness (QED) is 0.302. The molecule has 1 N–H and O–H groups in total. The van der Waals surface area contributed by atoms with Gasteiger partial charge in [-0.05, 0) is 69.9 Å². The molecular formula is C27H18F4N2OS. The lowest BCUT2D eigenvalue weighted by atomic mass is 9.74. The SMILES string of the molecule is N#Cc1cc(F)cc2c1[C@@H](c1ccc(-c3cccc4cnsc34)c3c1CC(F)(F)[C@H]3O)CC[C@@H]2F. The topological polar surface area (TPSA) is 56.9 Å². The van der Waals surface area contributed by atoms with Gasteiger partial charge in [-0.2, -0.15) is 9.64 Å². The molecule has 1 heterocycles. The van der Waals surface area contributed by atoms with Crippen molar-refractivity contribution in [3.63, 3.8) is 0 Å². The number of hydrogen-bond acceptors (Lipinski definition) is 4. The Labute approximate surface area is 202 Å². The summed E-state index contributed by atoms with van der Waals surface area (Å²) in [6, 6.07) is 13.1. The van der Waals surface area contributed by atoms with E-state index < -0.39 is 36.4 Å². The average Bonchev–Trinajstić information content (AvgIpc) is 3.41. The van der Waals surface area contributed by atoms with Crippen LogP contribution in [0.4, 0.5) is 17.6 Å². The van der Waals surface area contributed by atoms with E-state index in [4.69, 9.17) is 0 Å². The highest BCUT2D eigenvalue weighted by atomic mass is 32.1. The standard InChI is InChI=1S/C27H18F4N2OS/c28-15-8-14(11-32)23-17(6-7-22(29)20(23)9-15)16-4-5-18(24-21(16)10-27(30,31)26(24)34)19-3-1-2-13-12-33-35-25(13)19/h1-5,8-9,12,17,22,26,34H,6-7,10H2/t17-,22+,26+/m1/s1. The van der Waals surface area contributed by atoms with Gasteiger partial charge in [0.05, 0.1) is 16.3 Å². The van der Waals surface area contributed by atoms with Crippen LogP contribution in [0.2, 0.25) is 0 Å². The summed E-state index contributed by atoms with van der Waals surface area (Å²) in [5.74, 6) is -4.64. The zero-order valence-corrected chi connectivity index (χ0v) is 19.1. The number of benzene rings is 3. The van der Waals surface area contributed by atoms with E-state index in [-0.39, 0.29) is 29.5 Å². The normalized spacial score (nSPS) is 22.6. The molecule has 2 aliphatic carbocycles. The van der Waals surface area contributed by atoms with Crippen molar-refractivity contribution in [2.24, 2.45) is 0 Å². The predicted octanol–water partition coefficient (Wildman–Crippen LogP) is 7.14. The summed E-state index contributed by atoms with van der Waals surface area (Å²) < 4.78 is 63.9. The van der Waals surface area contributed by atoms with Gasteiger partial charge in [-0.15, -0.1) is 0 Å². The Morgan fingerprint density at radius 1 is 1.06 bits per heavy atom. The average molecular weight is 495 g/mol. The van der Waals surface area contributed by atoms with Gasteiger partial charge in [0.15, 0.2) is 0 Å². The Kier molecular flexibility index (Phi) is 4.99. The molecule has 0 spiro atoms. The molecule has 0 unspecified atom stereocenters. The van der Waals surface area contributed by atoms with E-state index >= 15 is 0 Å². The molecule has 6 rings (SSSR count). The van der Waals surface area contributed by atoms with Crippen molar-refractivity contribution < 1.29 is 22.7 Å². The van der Waals surface area contributed by atoms with Crippen molar-refractivity contribution in [1.82, 2.24) is 4.37 Å². The Balaban J connectivity index is 1.60. The molecule has 4 aromatic rings. The first-order valence-electron chi connectivity index (χ1n) is 11.2. The van der Waals surface area contributed by atoms with Crippen molar-refractivity contribution in [3.05, 3.63) is 87.9 Å². The van der Waals surface area contributed by atoms with Crippen LogP contribution in [0, 0.1) is 17.1 Å². The van der Waals surface area contributed by atoms with Gasteiger partial charge >= 0.3 is 0 Å². The first-order valence-corrected chi connectivity index (χ1v) is 12.0. The van der Waals surface area contributed by atoms with Crippen LogP contribution in [0.5, 0.6) is 0 Å². The Morgan fingerprint density at radius 2 is 1.89 bits per heavy atom. The van der Waals surface area contributed by atoms with Crippen LogP contribution in [0.25, 0.3) is 21.2 Å². The number of hydrogen-bond donors (Lipinski definition) is 1. The summed E-state index contributed by atoms with van der Waals surface area (Å²) in [6.45, 7) is 0. The summed E-state index contributed by atoms with van der Waals surface area (Å²) in [4.78, 5) is 0. The molecule has 3 aromatic carbocycles. The molecule has 0 aliphatic heterocycles. The molecule has 0 radical (unpaired) electrons. The molecule has 176 valence electrons. The highest BCUT2D eigenvalue weighted by molar-refractivity contribution is 7.13. The lowest BCUT2D eigenvalue weighted by Gasteiger charge is -2.31. The Hall–Kier alpha value is -3.28. The fraction of sp³-hybridized carbons (Fsp3) is 0.259. The maximum Gasteiger partial charge on any atom is 0.281 e. The van der Waals surface area contributed by atoms with Gasteiger partial charge in [0.1, 0.15) is 18.1 Å². The minimum atomic E-state index is -3.38. The predicted molar refractivity (Wildman–Crippen MR) is 125 cm³/mol. The number of aliphatic hydroxyl groups is 1. The number of rotatable bonds is 2. The molecular weight excluding hydrogens is 476 g/mol. The number of nitrogens with zero attached hydrogens (tertiary/aromatic N) is 2. The van der Waals surface area contributed by atoms with Crippen molar-refractivity contribution in [2.45, 2.75) is 43.4 Å². The van der Waals surface area contributed by atoms with Crippen LogP contribution >= 0.6 is 11.5 Å². The van der Waals surface area contributed by atoms with Gasteiger partial charge in [-0.1, -0.05) is 30.3 Å². The fourth-order valence-electron chi connectivity index (χ4n) is 5.71. The van der Waals surface area contributed by atoms with Crippen molar-refractivity contribution in [1.29, 1.82) is 5.26 Å². The van der Waals surface area contributed by atoms with E-state index in [2.05, 4.69) is 4.37 Å². The summed E-state index contributed by atoms with van der Waals surface area (Å²) in [5, 5.41) is 21.3. The number of aliphatic hydroxyl groups excluding tert-OH is 1. The summed E-state index contributed by atoms with van der Waals surface area (Å²) in [6.07, 6.45) is -2.03. The van der Waals surface area contributed by atoms with Crippen LogP contribution in [-0.4, -0.2) is 15.4 Å². The lowest BCUT2D eigenvalue weighted by Crippen LogP contribution is -2.22. The second-order valence-corrected chi connectivity index (χ2v) is 9.95. The number of halogens is 4. The summed E-state index contributed by atoms with van der Waals surface area (Å²) in [7, 11) is 0. The summed E-state index contributed by atoms with van der Waals surface area (Å²) >= 11 is 1.25. The first-order chi connectivity index (χ1) is 16.8. The van der Waals surface area contributed by atoms with Gasteiger partial charge in [-0.25, -0.2) is 17.6 Å². The number of aromatic nitrogens is 1. The van der Waals surface area contributed by atoms with E-state index in [0.29, 0.717) is 27.8 Å². The highest BCUT2D eigenvalue weighted by Crippen LogP contribution is 2.53. The molecule has 0 saturated heterocycles. The van der Waals surface area contributed by atoms with Crippen molar-refractivity contribution >= 4 is 21.6 Å². The van der Waals surface area contributed by atoms with Gasteiger partial charge in [-0.3, -0.25) is 0 Å². The van der Waals surface area contributed by atoms with Crippen molar-refractivity contribution in [2.75, 3.05) is 0 Å². The maximum atomic E-state index is 15.0. The smallest absolute Gasteiger partial charge is 0.281 e. The van der Waals surface area contributed by atoms with E-state index in [1.165, 1.54) is 11.5 Å². The molecule has 2 aliphatic rings. The van der Waals surface area contributed by atoms with E-state index in [9.17, 15) is 27.9 Å². The molecule has 3 atom stereocenters. The second kappa shape index (κ2) is 7.87. The second-order valence-electron chi connectivity index (χ2n) is 9.15. The number of nitriles is 1. The van der Waals surface area contributed by atoms with Crippen LogP contribution < -0.4 is 0 Å². The van der Waals surface area contributed by atoms with Gasteiger partial charge < -0.3 is 5.11 Å². The molecule has 0 amide bonds. The minimum absolute atomic E-state index is 0.00455. The zero-order chi connectivity index (χ0) is 24.5. The van der Waals surface area contributed by atoms with E-state index in [1.807, 2.05) is 24.3 Å². The van der Waals surface area contributed by atoms with Crippen LogP contribution in [0.15, 0.2) is 48.7 Å². The largest absolute Gasteiger partial charge is 0.382 e. The monoisotopic (exact) mass is 494 g/mol. The molecule has 1 aromatic heterocycles. The molecule has 35 heavy (non-hydrogen) atoms. The molecule has 0 fully saturated rings. The Bertz CT molecular complexity index is 1540. The lowest BCUT2D eigenvalue weighted by molar-refractivity contribution is -0.0966. The summed E-state index contributed by atoms with van der Waals surface area (Å²) in [5.41, 5.74) is 2.63. The van der Waals surface area contributed by atoms with Crippen LogP contribution in [-0.2, 0) is 6.42 Å². The number of fused-ring (bicyclic) bond motifs is 3. The fourth-order valence-corrected chi connectivity index (χ4v) is 6.48. The molecule has 0 saturated carbocycles. The maximum absolute atomic E-state index is 15.0. The minimum Gasteiger partial charge on any atom is -0.382 e. The van der Waals surface area contributed by atoms with Crippen LogP contribution in [0.3, 0.4) is 0 Å². The van der Waals surface area contributed by atoms with Gasteiger partial charge in [0.2, 0.25) is 0 Å². The van der Waals surface area contributed by atoms with Crippen molar-refractivity contribution in [3.8, 4) is 17.2 Å². The van der Waals surface area contributed by atoms with Gasteiger partial charge in [0.25, 0.3) is 5.92 Å².